The lowest BCUT2D eigenvalue weighted by Gasteiger charge is -2.25. The summed E-state index contributed by atoms with van der Waals surface area (Å²) >= 11 is 12.3. The van der Waals surface area contributed by atoms with Crippen LogP contribution in [0.1, 0.15) is 0 Å². The molecular formula is C18H19Cl2NO5S. The molecule has 0 aliphatic carbocycles. The quantitative estimate of drug-likeness (QED) is 0.579. The zero-order valence-electron chi connectivity index (χ0n) is 15.0. The number of halogens is 2. The Kier molecular flexibility index (Phi) is 6.86. The molecule has 0 radical (unpaired) electrons. The second-order valence-corrected chi connectivity index (χ2v) is 7.84. The third kappa shape index (κ3) is 4.10. The van der Waals surface area contributed by atoms with Crippen LogP contribution in [-0.2, 0) is 10.0 Å². The van der Waals surface area contributed by atoms with Crippen molar-refractivity contribution in [2.24, 2.45) is 0 Å². The highest BCUT2D eigenvalue weighted by Gasteiger charge is 2.29. The van der Waals surface area contributed by atoms with E-state index in [1.807, 2.05) is 0 Å². The van der Waals surface area contributed by atoms with Crippen molar-refractivity contribution in [1.29, 1.82) is 0 Å². The first-order valence-corrected chi connectivity index (χ1v) is 9.89. The van der Waals surface area contributed by atoms with Crippen LogP contribution >= 0.6 is 23.2 Å². The number of hydrogen-bond donors (Lipinski definition) is 0. The molecule has 0 N–H and O–H groups in total. The monoisotopic (exact) mass is 431 g/mol. The lowest BCUT2D eigenvalue weighted by atomic mass is 10.2. The topological polar surface area (TPSA) is 65.1 Å². The minimum absolute atomic E-state index is 0.0117. The van der Waals surface area contributed by atoms with Gasteiger partial charge in [0, 0.05) is 6.07 Å². The molecule has 2 rings (SSSR count). The largest absolute Gasteiger partial charge is 0.495 e. The van der Waals surface area contributed by atoms with Crippen LogP contribution in [0.15, 0.2) is 47.9 Å². The molecule has 0 spiro atoms. The van der Waals surface area contributed by atoms with E-state index in [9.17, 15) is 8.42 Å². The van der Waals surface area contributed by atoms with Gasteiger partial charge in [0.1, 0.15) is 15.7 Å². The number of rotatable bonds is 8. The van der Waals surface area contributed by atoms with Crippen LogP contribution in [0.3, 0.4) is 0 Å². The van der Waals surface area contributed by atoms with Crippen LogP contribution in [0.5, 0.6) is 17.2 Å². The summed E-state index contributed by atoms with van der Waals surface area (Å²) in [5.74, 6) is 1.14. The normalized spacial score (nSPS) is 11.0. The molecule has 0 fully saturated rings. The summed E-state index contributed by atoms with van der Waals surface area (Å²) in [5, 5.41) is -0.100. The van der Waals surface area contributed by atoms with E-state index in [0.717, 1.165) is 4.31 Å². The molecule has 0 atom stereocenters. The van der Waals surface area contributed by atoms with Crippen LogP contribution in [0.4, 0.5) is 5.69 Å². The van der Waals surface area contributed by atoms with Crippen LogP contribution in [0, 0.1) is 0 Å². The molecule has 2 aromatic carbocycles. The average Bonchev–Trinajstić information content (AvgIpc) is 2.67. The van der Waals surface area contributed by atoms with E-state index in [-0.39, 0.29) is 27.2 Å². The number of methoxy groups -OCH3 is 3. The molecule has 0 aliphatic rings. The third-order valence-electron chi connectivity index (χ3n) is 3.75. The average molecular weight is 432 g/mol. The molecule has 0 heterocycles. The molecule has 2 aromatic rings. The zero-order chi connectivity index (χ0) is 20.2. The van der Waals surface area contributed by atoms with Crippen molar-refractivity contribution in [2.45, 2.75) is 4.90 Å². The molecule has 27 heavy (non-hydrogen) atoms. The van der Waals surface area contributed by atoms with Crippen molar-refractivity contribution >= 4 is 38.9 Å². The van der Waals surface area contributed by atoms with Crippen LogP contribution in [0.25, 0.3) is 0 Å². The molecule has 0 aromatic heterocycles. The van der Waals surface area contributed by atoms with Crippen LogP contribution < -0.4 is 18.5 Å². The fourth-order valence-electron chi connectivity index (χ4n) is 2.43. The molecule has 0 saturated heterocycles. The number of benzene rings is 2. The molecule has 0 bridgehead atoms. The Hall–Kier alpha value is -2.09. The minimum Gasteiger partial charge on any atom is -0.495 e. The van der Waals surface area contributed by atoms with Gasteiger partial charge in [-0.25, -0.2) is 8.42 Å². The first-order valence-electron chi connectivity index (χ1n) is 7.69. The summed E-state index contributed by atoms with van der Waals surface area (Å²) in [6.45, 7) is 3.65. The van der Waals surface area contributed by atoms with Gasteiger partial charge in [0.25, 0.3) is 10.0 Å². The lowest BCUT2D eigenvalue weighted by Crippen LogP contribution is -2.31. The zero-order valence-corrected chi connectivity index (χ0v) is 17.4. The maximum Gasteiger partial charge on any atom is 0.266 e. The maximum absolute atomic E-state index is 13.3. The standard InChI is InChI=1S/C18H19Cl2NO5S/c1-5-10-21(12-6-7-13(24-2)15(11-12)26-4)27(22,23)16-9-8-14(25-3)17(19)18(16)20/h5-9,11H,1,10H2,2-4H3. The van der Waals surface area contributed by atoms with Crippen molar-refractivity contribution in [1.82, 2.24) is 0 Å². The molecule has 9 heteroatoms. The van der Waals surface area contributed by atoms with Gasteiger partial charge in [-0.05, 0) is 24.3 Å². The predicted molar refractivity (Wildman–Crippen MR) is 107 cm³/mol. The van der Waals surface area contributed by atoms with Gasteiger partial charge in [0.05, 0.1) is 38.6 Å². The van der Waals surface area contributed by atoms with E-state index in [4.69, 9.17) is 37.4 Å². The van der Waals surface area contributed by atoms with Crippen molar-refractivity contribution in [2.75, 3.05) is 32.2 Å². The molecule has 146 valence electrons. The minimum atomic E-state index is -4.05. The Balaban J connectivity index is 2.62. The second kappa shape index (κ2) is 8.73. The summed E-state index contributed by atoms with van der Waals surface area (Å²) < 4.78 is 43.2. The molecule has 0 aliphatic heterocycles. The molecule has 0 saturated carbocycles. The number of anilines is 1. The summed E-state index contributed by atoms with van der Waals surface area (Å²) in [6, 6.07) is 7.56. The Bertz CT molecular complexity index is 947. The van der Waals surface area contributed by atoms with Crippen molar-refractivity contribution in [3.63, 3.8) is 0 Å². The molecule has 6 nitrogen and oxygen atoms in total. The number of hydrogen-bond acceptors (Lipinski definition) is 5. The summed E-state index contributed by atoms with van der Waals surface area (Å²) in [6.07, 6.45) is 1.47. The molecule has 0 unspecified atom stereocenters. The number of nitrogens with zero attached hydrogens (tertiary/aromatic N) is 1. The third-order valence-corrected chi connectivity index (χ3v) is 6.56. The highest BCUT2D eigenvalue weighted by Crippen LogP contribution is 2.39. The van der Waals surface area contributed by atoms with Crippen molar-refractivity contribution in [3.05, 3.63) is 53.0 Å². The Labute approximate surface area is 168 Å². The van der Waals surface area contributed by atoms with E-state index in [0.29, 0.717) is 17.2 Å². The lowest BCUT2D eigenvalue weighted by molar-refractivity contribution is 0.355. The van der Waals surface area contributed by atoms with Gasteiger partial charge in [-0.3, -0.25) is 4.31 Å². The SMILES string of the molecule is C=CCN(c1ccc(OC)c(OC)c1)S(=O)(=O)c1ccc(OC)c(Cl)c1Cl. The first kappa shape index (κ1) is 21.2. The summed E-state index contributed by atoms with van der Waals surface area (Å²) in [5.41, 5.74) is 0.357. The van der Waals surface area contributed by atoms with E-state index in [1.165, 1.54) is 39.5 Å². The molecule has 0 amide bonds. The van der Waals surface area contributed by atoms with Crippen molar-refractivity contribution < 1.29 is 22.6 Å². The second-order valence-electron chi connectivity index (χ2n) is 5.26. The Morgan fingerprint density at radius 2 is 1.56 bits per heavy atom. The highest BCUT2D eigenvalue weighted by molar-refractivity contribution is 7.93. The van der Waals surface area contributed by atoms with Crippen LogP contribution in [0.2, 0.25) is 10.0 Å². The summed E-state index contributed by atoms with van der Waals surface area (Å²) in [4.78, 5) is -0.147. The number of sulfonamides is 1. The fourth-order valence-corrected chi connectivity index (χ4v) is 4.67. The van der Waals surface area contributed by atoms with Gasteiger partial charge in [0.15, 0.2) is 11.5 Å². The number of ether oxygens (including phenoxy) is 3. The van der Waals surface area contributed by atoms with E-state index in [1.54, 1.807) is 18.2 Å². The van der Waals surface area contributed by atoms with Gasteiger partial charge >= 0.3 is 0 Å². The summed E-state index contributed by atoms with van der Waals surface area (Å²) in [7, 11) is 0.332. The Morgan fingerprint density at radius 1 is 0.963 bits per heavy atom. The van der Waals surface area contributed by atoms with Gasteiger partial charge in [-0.2, -0.15) is 0 Å². The predicted octanol–water partition coefficient (Wildman–Crippen LogP) is 4.40. The smallest absolute Gasteiger partial charge is 0.266 e. The van der Waals surface area contributed by atoms with Gasteiger partial charge in [-0.15, -0.1) is 6.58 Å². The van der Waals surface area contributed by atoms with Gasteiger partial charge in [-0.1, -0.05) is 29.3 Å². The van der Waals surface area contributed by atoms with E-state index >= 15 is 0 Å². The molecular weight excluding hydrogens is 413 g/mol. The van der Waals surface area contributed by atoms with Gasteiger partial charge in [0.2, 0.25) is 0 Å². The van der Waals surface area contributed by atoms with E-state index in [2.05, 4.69) is 6.58 Å². The van der Waals surface area contributed by atoms with Crippen LogP contribution in [-0.4, -0.2) is 36.3 Å². The maximum atomic E-state index is 13.3. The highest BCUT2D eigenvalue weighted by atomic mass is 35.5. The van der Waals surface area contributed by atoms with Gasteiger partial charge < -0.3 is 14.2 Å². The van der Waals surface area contributed by atoms with Crippen molar-refractivity contribution in [3.8, 4) is 17.2 Å². The Morgan fingerprint density at radius 3 is 2.11 bits per heavy atom. The first-order chi connectivity index (χ1) is 12.8. The van der Waals surface area contributed by atoms with E-state index < -0.39 is 10.0 Å². The fraction of sp³-hybridized carbons (Fsp3) is 0.222.